The molecule has 1 saturated heterocycles. The van der Waals surface area contributed by atoms with E-state index in [-0.39, 0.29) is 13.1 Å². The first-order chi connectivity index (χ1) is 9.28. The van der Waals surface area contributed by atoms with Gasteiger partial charge < -0.3 is 24.8 Å². The van der Waals surface area contributed by atoms with Crippen molar-refractivity contribution in [1.82, 2.24) is 4.90 Å². The van der Waals surface area contributed by atoms with Crippen molar-refractivity contribution in [3.63, 3.8) is 0 Å². The van der Waals surface area contributed by atoms with E-state index in [9.17, 15) is 9.59 Å². The van der Waals surface area contributed by atoms with Gasteiger partial charge in [0.15, 0.2) is 0 Å². The number of hydrogen-bond donors (Lipinski definition) is 1. The summed E-state index contributed by atoms with van der Waals surface area (Å²) in [6.07, 6.45) is -0.875. The highest BCUT2D eigenvalue weighted by atomic mass is 16.6. The fraction of sp³-hybridized carbons (Fsp3) is 0.846. The Morgan fingerprint density at radius 3 is 2.60 bits per heavy atom. The molecule has 0 aliphatic carbocycles. The van der Waals surface area contributed by atoms with E-state index in [1.165, 1.54) is 12.0 Å². The number of hydrogen-bond acceptors (Lipinski definition) is 6. The van der Waals surface area contributed by atoms with Crippen molar-refractivity contribution in [2.45, 2.75) is 32.5 Å². The highest BCUT2D eigenvalue weighted by Gasteiger charge is 2.35. The molecule has 1 rings (SSSR count). The van der Waals surface area contributed by atoms with Crippen LogP contribution in [0, 0.1) is 5.92 Å². The van der Waals surface area contributed by atoms with Crippen LogP contribution in [-0.2, 0) is 19.0 Å². The maximum Gasteiger partial charge on any atom is 0.410 e. The third-order valence-corrected chi connectivity index (χ3v) is 2.95. The minimum absolute atomic E-state index is 0.111. The quantitative estimate of drug-likeness (QED) is 0.754. The van der Waals surface area contributed by atoms with Gasteiger partial charge in [-0.05, 0) is 20.8 Å². The average Bonchev–Trinajstić information content (AvgIpc) is 2.37. The number of rotatable bonds is 3. The van der Waals surface area contributed by atoms with Gasteiger partial charge in [-0.15, -0.1) is 0 Å². The summed E-state index contributed by atoms with van der Waals surface area (Å²) in [6, 6.07) is 0. The Bertz CT molecular complexity index is 353. The number of amides is 1. The number of ether oxygens (including phenoxy) is 3. The van der Waals surface area contributed by atoms with Crippen LogP contribution in [0.15, 0.2) is 0 Å². The minimum Gasteiger partial charge on any atom is -0.469 e. The topological polar surface area (TPSA) is 91.1 Å². The van der Waals surface area contributed by atoms with Crippen molar-refractivity contribution in [2.24, 2.45) is 11.7 Å². The molecule has 7 heteroatoms. The second kappa shape index (κ2) is 6.90. The highest BCUT2D eigenvalue weighted by molar-refractivity contribution is 5.73. The lowest BCUT2D eigenvalue weighted by atomic mass is 10.0. The van der Waals surface area contributed by atoms with E-state index in [4.69, 9.17) is 19.9 Å². The van der Waals surface area contributed by atoms with Crippen molar-refractivity contribution in [3.05, 3.63) is 0 Å². The first-order valence-electron chi connectivity index (χ1n) is 6.66. The van der Waals surface area contributed by atoms with Crippen LogP contribution in [0.4, 0.5) is 4.79 Å². The molecular weight excluding hydrogens is 264 g/mol. The van der Waals surface area contributed by atoms with Gasteiger partial charge in [-0.1, -0.05) is 0 Å². The molecule has 0 spiro atoms. The Kier molecular flexibility index (Phi) is 5.76. The molecule has 0 aromatic rings. The molecule has 116 valence electrons. The molecule has 2 N–H and O–H groups in total. The number of methoxy groups -OCH3 is 1. The van der Waals surface area contributed by atoms with E-state index >= 15 is 0 Å². The molecule has 20 heavy (non-hydrogen) atoms. The van der Waals surface area contributed by atoms with Gasteiger partial charge in [-0.3, -0.25) is 4.79 Å². The number of nitrogens with zero attached hydrogens (tertiary/aromatic N) is 1. The van der Waals surface area contributed by atoms with Gasteiger partial charge >= 0.3 is 12.1 Å². The van der Waals surface area contributed by atoms with Crippen LogP contribution in [0.25, 0.3) is 0 Å². The largest absolute Gasteiger partial charge is 0.469 e. The number of carbonyl (C=O) groups excluding carboxylic acids is 2. The van der Waals surface area contributed by atoms with Gasteiger partial charge in [0.25, 0.3) is 0 Å². The summed E-state index contributed by atoms with van der Waals surface area (Å²) < 4.78 is 15.5. The van der Waals surface area contributed by atoms with Crippen LogP contribution in [-0.4, -0.2) is 62.0 Å². The first kappa shape index (κ1) is 16.7. The fourth-order valence-corrected chi connectivity index (χ4v) is 1.96. The molecule has 0 aromatic carbocycles. The summed E-state index contributed by atoms with van der Waals surface area (Å²) in [5.74, 6) is -1.01. The lowest BCUT2D eigenvalue weighted by Gasteiger charge is -2.36. The summed E-state index contributed by atoms with van der Waals surface area (Å²) in [7, 11) is 1.31. The van der Waals surface area contributed by atoms with E-state index in [1.54, 1.807) is 20.8 Å². The Morgan fingerprint density at radius 1 is 1.45 bits per heavy atom. The van der Waals surface area contributed by atoms with Crippen molar-refractivity contribution in [3.8, 4) is 0 Å². The zero-order valence-electron chi connectivity index (χ0n) is 12.5. The first-order valence-corrected chi connectivity index (χ1v) is 6.66. The van der Waals surface area contributed by atoms with E-state index in [0.29, 0.717) is 13.2 Å². The molecule has 0 bridgehead atoms. The lowest BCUT2D eigenvalue weighted by molar-refractivity contribution is -0.153. The summed E-state index contributed by atoms with van der Waals surface area (Å²) in [6.45, 7) is 6.58. The van der Waals surface area contributed by atoms with Crippen LogP contribution >= 0.6 is 0 Å². The molecule has 1 aliphatic rings. The zero-order valence-corrected chi connectivity index (χ0v) is 12.5. The third-order valence-electron chi connectivity index (χ3n) is 2.95. The van der Waals surface area contributed by atoms with Crippen LogP contribution in [0.2, 0.25) is 0 Å². The fourth-order valence-electron chi connectivity index (χ4n) is 1.96. The zero-order chi connectivity index (χ0) is 15.3. The van der Waals surface area contributed by atoms with Gasteiger partial charge in [0, 0.05) is 13.1 Å². The number of nitrogens with two attached hydrogens (primary N) is 1. The van der Waals surface area contributed by atoms with Gasteiger partial charge in [-0.2, -0.15) is 0 Å². The van der Waals surface area contributed by atoms with Gasteiger partial charge in [0.1, 0.15) is 5.60 Å². The van der Waals surface area contributed by atoms with E-state index in [1.807, 2.05) is 0 Å². The van der Waals surface area contributed by atoms with Crippen LogP contribution in [0.1, 0.15) is 20.8 Å². The molecule has 1 heterocycles. The molecule has 1 amide bonds. The third kappa shape index (κ3) is 4.64. The van der Waals surface area contributed by atoms with Crippen LogP contribution in [0.3, 0.4) is 0 Å². The van der Waals surface area contributed by atoms with E-state index in [2.05, 4.69) is 0 Å². The highest BCUT2D eigenvalue weighted by Crippen LogP contribution is 2.17. The van der Waals surface area contributed by atoms with Gasteiger partial charge in [0.05, 0.1) is 32.3 Å². The SMILES string of the molecule is COC(=O)C(CN)C1CN(C(=O)OC(C)(C)C)CCO1. The van der Waals surface area contributed by atoms with E-state index in [0.717, 1.165) is 0 Å². The van der Waals surface area contributed by atoms with Gasteiger partial charge in [0.2, 0.25) is 0 Å². The molecule has 1 fully saturated rings. The average molecular weight is 288 g/mol. The van der Waals surface area contributed by atoms with Crippen molar-refractivity contribution < 1.29 is 23.8 Å². The standard InChI is InChI=1S/C13H24N2O5/c1-13(2,3)20-12(17)15-5-6-19-10(8-15)9(7-14)11(16)18-4/h9-10H,5-8,14H2,1-4H3. The van der Waals surface area contributed by atoms with E-state index < -0.39 is 29.7 Å². The molecule has 2 unspecified atom stereocenters. The predicted octanol–water partition coefficient (Wildman–Crippen LogP) is 0.370. The van der Waals surface area contributed by atoms with Crippen molar-refractivity contribution in [2.75, 3.05) is 33.4 Å². The Hall–Kier alpha value is -1.34. The summed E-state index contributed by atoms with van der Waals surface area (Å²) in [5, 5.41) is 0. The number of morpholine rings is 1. The van der Waals surface area contributed by atoms with Crippen LogP contribution < -0.4 is 5.73 Å². The molecule has 7 nitrogen and oxygen atoms in total. The number of esters is 1. The van der Waals surface area contributed by atoms with Crippen LogP contribution in [0.5, 0.6) is 0 Å². The second-order valence-corrected chi connectivity index (χ2v) is 5.70. The lowest BCUT2D eigenvalue weighted by Crippen LogP contribution is -2.52. The molecule has 0 saturated carbocycles. The molecular formula is C13H24N2O5. The predicted molar refractivity (Wildman–Crippen MR) is 72.1 cm³/mol. The Balaban J connectivity index is 2.66. The molecule has 2 atom stereocenters. The molecule has 0 radical (unpaired) electrons. The Labute approximate surface area is 119 Å². The van der Waals surface area contributed by atoms with Crippen molar-refractivity contribution >= 4 is 12.1 Å². The molecule has 1 aliphatic heterocycles. The van der Waals surface area contributed by atoms with Crippen molar-refractivity contribution in [1.29, 1.82) is 0 Å². The normalized spacial score (nSPS) is 21.2. The number of carbonyl (C=O) groups is 2. The maximum absolute atomic E-state index is 12.0. The smallest absolute Gasteiger partial charge is 0.410 e. The summed E-state index contributed by atoms with van der Waals surface area (Å²) in [5.41, 5.74) is 5.03. The maximum atomic E-state index is 12.0. The Morgan fingerprint density at radius 2 is 2.10 bits per heavy atom. The molecule has 0 aromatic heterocycles. The van der Waals surface area contributed by atoms with Gasteiger partial charge in [-0.25, -0.2) is 4.79 Å². The second-order valence-electron chi connectivity index (χ2n) is 5.70. The monoisotopic (exact) mass is 288 g/mol. The minimum atomic E-state index is -0.578. The summed E-state index contributed by atoms with van der Waals surface area (Å²) in [4.78, 5) is 25.2. The summed E-state index contributed by atoms with van der Waals surface area (Å²) >= 11 is 0.